The van der Waals surface area contributed by atoms with E-state index in [1.807, 2.05) is 18.2 Å². The predicted molar refractivity (Wildman–Crippen MR) is 114 cm³/mol. The van der Waals surface area contributed by atoms with E-state index in [1.165, 1.54) is 18.4 Å². The molecule has 29 heavy (non-hydrogen) atoms. The summed E-state index contributed by atoms with van der Waals surface area (Å²) in [5.41, 5.74) is 0.365. The fourth-order valence-electron chi connectivity index (χ4n) is 6.74. The molecule has 1 aromatic rings. The third kappa shape index (κ3) is 3.76. The van der Waals surface area contributed by atoms with Gasteiger partial charge in [0.1, 0.15) is 11.8 Å². The molecular formula is C25H35NO3. The van der Waals surface area contributed by atoms with Gasteiger partial charge in [0, 0.05) is 24.9 Å². The zero-order valence-corrected chi connectivity index (χ0v) is 17.5. The van der Waals surface area contributed by atoms with Crippen molar-refractivity contribution >= 4 is 12.3 Å². The van der Waals surface area contributed by atoms with Gasteiger partial charge in [0.2, 0.25) is 0 Å². The first-order chi connectivity index (χ1) is 14.2. The Kier molecular flexibility index (Phi) is 6.38. The van der Waals surface area contributed by atoms with E-state index in [4.69, 9.17) is 0 Å². The normalized spacial score (nSPS) is 27.7. The summed E-state index contributed by atoms with van der Waals surface area (Å²) in [6.07, 6.45) is 12.1. The summed E-state index contributed by atoms with van der Waals surface area (Å²) in [6, 6.07) is 10.2. The Morgan fingerprint density at radius 3 is 1.93 bits per heavy atom. The van der Waals surface area contributed by atoms with Crippen molar-refractivity contribution in [1.82, 2.24) is 4.90 Å². The Hall–Kier alpha value is -1.68. The average molecular weight is 398 g/mol. The van der Waals surface area contributed by atoms with Crippen LogP contribution < -0.4 is 0 Å². The first-order valence-corrected chi connectivity index (χ1v) is 11.7. The number of hydrogen-bond donors (Lipinski definition) is 1. The first kappa shape index (κ1) is 20.6. The van der Waals surface area contributed by atoms with Gasteiger partial charge in [0.15, 0.2) is 0 Å². The number of hydrogen-bond acceptors (Lipinski definition) is 3. The Balaban J connectivity index is 1.72. The van der Waals surface area contributed by atoms with Gasteiger partial charge in [-0.05, 0) is 43.1 Å². The van der Waals surface area contributed by atoms with Crippen LogP contribution in [0.2, 0.25) is 0 Å². The Morgan fingerprint density at radius 2 is 1.45 bits per heavy atom. The van der Waals surface area contributed by atoms with E-state index in [2.05, 4.69) is 17.0 Å². The number of carboxylic acids is 1. The summed E-state index contributed by atoms with van der Waals surface area (Å²) in [5, 5.41) is 10.8. The van der Waals surface area contributed by atoms with Gasteiger partial charge in [-0.25, -0.2) is 0 Å². The molecule has 2 aliphatic carbocycles. The van der Waals surface area contributed by atoms with Crippen LogP contribution in [0.1, 0.15) is 75.7 Å². The third-order valence-electron chi connectivity index (χ3n) is 8.09. The number of aldehydes is 1. The maximum Gasteiger partial charge on any atom is 0.324 e. The zero-order chi connectivity index (χ0) is 20.3. The van der Waals surface area contributed by atoms with E-state index < -0.39 is 11.5 Å². The Morgan fingerprint density at radius 1 is 0.897 bits per heavy atom. The number of nitrogens with zero attached hydrogens (tertiary/aromatic N) is 1. The molecule has 0 bridgehead atoms. The van der Waals surface area contributed by atoms with Gasteiger partial charge in [-0.15, -0.1) is 0 Å². The van der Waals surface area contributed by atoms with Crippen molar-refractivity contribution in [3.05, 3.63) is 35.9 Å². The lowest BCUT2D eigenvalue weighted by molar-refractivity contribution is -0.164. The summed E-state index contributed by atoms with van der Waals surface area (Å²) in [6.45, 7) is 1.27. The fraction of sp³-hybridized carbons (Fsp3) is 0.680. The molecule has 0 unspecified atom stereocenters. The molecule has 3 aliphatic rings. The smallest absolute Gasteiger partial charge is 0.324 e. The number of aliphatic carboxylic acids is 1. The second-order valence-corrected chi connectivity index (χ2v) is 9.52. The third-order valence-corrected chi connectivity index (χ3v) is 8.09. The van der Waals surface area contributed by atoms with Crippen molar-refractivity contribution < 1.29 is 14.7 Å². The van der Waals surface area contributed by atoms with Crippen LogP contribution in [-0.2, 0) is 9.59 Å². The Bertz CT molecular complexity index is 673. The topological polar surface area (TPSA) is 57.6 Å². The lowest BCUT2D eigenvalue weighted by Gasteiger charge is -2.51. The molecule has 1 aromatic carbocycles. The molecule has 0 spiro atoms. The highest BCUT2D eigenvalue weighted by Gasteiger charge is 2.58. The van der Waals surface area contributed by atoms with Gasteiger partial charge in [0.05, 0.1) is 0 Å². The number of carbonyl (C=O) groups is 2. The molecule has 0 amide bonds. The predicted octanol–water partition coefficient (Wildman–Crippen LogP) is 4.88. The van der Waals surface area contributed by atoms with Crippen LogP contribution in [0, 0.1) is 17.8 Å². The van der Waals surface area contributed by atoms with Crippen LogP contribution in [0.25, 0.3) is 0 Å². The van der Waals surface area contributed by atoms with Crippen molar-refractivity contribution in [3.63, 3.8) is 0 Å². The van der Waals surface area contributed by atoms with Crippen LogP contribution in [0.15, 0.2) is 30.3 Å². The van der Waals surface area contributed by atoms with Crippen molar-refractivity contribution in [2.75, 3.05) is 13.1 Å². The summed E-state index contributed by atoms with van der Waals surface area (Å²) >= 11 is 0. The molecular weight excluding hydrogens is 362 g/mol. The number of likely N-dealkylation sites (tertiary alicyclic amines) is 1. The van der Waals surface area contributed by atoms with Gasteiger partial charge in [0.25, 0.3) is 0 Å². The number of carboxylic acid groups (broad SMARTS) is 1. The number of benzene rings is 1. The molecule has 3 fully saturated rings. The summed E-state index contributed by atoms with van der Waals surface area (Å²) in [5.74, 6) is -0.241. The van der Waals surface area contributed by atoms with Gasteiger partial charge in [-0.1, -0.05) is 68.9 Å². The highest BCUT2D eigenvalue weighted by atomic mass is 16.4. The quantitative estimate of drug-likeness (QED) is 0.695. The molecule has 1 N–H and O–H groups in total. The van der Waals surface area contributed by atoms with E-state index in [-0.39, 0.29) is 23.7 Å². The molecule has 2 saturated carbocycles. The van der Waals surface area contributed by atoms with Gasteiger partial charge < -0.3 is 9.90 Å². The second-order valence-electron chi connectivity index (χ2n) is 9.52. The molecule has 0 aromatic heterocycles. The molecule has 1 aliphatic heterocycles. The van der Waals surface area contributed by atoms with Crippen molar-refractivity contribution in [3.8, 4) is 0 Å². The SMILES string of the molecule is O=C[C@H]1CN(C(C(=O)O)(C2CCCCC2)C2CCCCC2)C[C@@H]1c1ccccc1. The van der Waals surface area contributed by atoms with Crippen LogP contribution in [-0.4, -0.2) is 40.9 Å². The van der Waals surface area contributed by atoms with E-state index >= 15 is 0 Å². The summed E-state index contributed by atoms with van der Waals surface area (Å²) < 4.78 is 0. The second kappa shape index (κ2) is 8.99. The molecule has 4 heteroatoms. The van der Waals surface area contributed by atoms with Gasteiger partial charge >= 0.3 is 5.97 Å². The van der Waals surface area contributed by atoms with Crippen LogP contribution in [0.3, 0.4) is 0 Å². The van der Waals surface area contributed by atoms with Crippen molar-refractivity contribution in [1.29, 1.82) is 0 Å². The van der Waals surface area contributed by atoms with Crippen LogP contribution in [0.4, 0.5) is 0 Å². The lowest BCUT2D eigenvalue weighted by Crippen LogP contribution is -2.64. The summed E-state index contributed by atoms with van der Waals surface area (Å²) in [4.78, 5) is 27.4. The van der Waals surface area contributed by atoms with Crippen LogP contribution >= 0.6 is 0 Å². The average Bonchev–Trinajstić information content (AvgIpc) is 3.21. The van der Waals surface area contributed by atoms with Crippen LogP contribution in [0.5, 0.6) is 0 Å². The lowest BCUT2D eigenvalue weighted by atomic mass is 9.63. The zero-order valence-electron chi connectivity index (χ0n) is 17.5. The van der Waals surface area contributed by atoms with E-state index in [9.17, 15) is 14.7 Å². The number of carbonyl (C=O) groups excluding carboxylic acids is 1. The minimum atomic E-state index is -0.800. The minimum Gasteiger partial charge on any atom is -0.480 e. The minimum absolute atomic E-state index is 0.0969. The molecule has 4 rings (SSSR count). The molecule has 4 nitrogen and oxygen atoms in total. The van der Waals surface area contributed by atoms with Crippen molar-refractivity contribution in [2.24, 2.45) is 17.8 Å². The van der Waals surface area contributed by atoms with Gasteiger partial charge in [-0.2, -0.15) is 0 Å². The van der Waals surface area contributed by atoms with Gasteiger partial charge in [-0.3, -0.25) is 9.69 Å². The van der Waals surface area contributed by atoms with Crippen molar-refractivity contribution in [2.45, 2.75) is 75.7 Å². The molecule has 0 radical (unpaired) electrons. The van der Waals surface area contributed by atoms with E-state index in [1.54, 1.807) is 0 Å². The highest BCUT2D eigenvalue weighted by Crippen LogP contribution is 2.49. The maximum absolute atomic E-state index is 13.1. The van der Waals surface area contributed by atoms with E-state index in [0.717, 1.165) is 57.7 Å². The fourth-order valence-corrected chi connectivity index (χ4v) is 6.74. The monoisotopic (exact) mass is 397 g/mol. The maximum atomic E-state index is 13.1. The molecule has 2 atom stereocenters. The molecule has 158 valence electrons. The highest BCUT2D eigenvalue weighted by molar-refractivity contribution is 5.80. The number of rotatable bonds is 6. The first-order valence-electron chi connectivity index (χ1n) is 11.7. The summed E-state index contributed by atoms with van der Waals surface area (Å²) in [7, 11) is 0. The molecule has 1 heterocycles. The standard InChI is InChI=1S/C25H35NO3/c27-18-20-16-26(17-23(20)19-10-4-1-5-11-19)25(24(28)29,21-12-6-2-7-13-21)22-14-8-3-9-15-22/h1,4-5,10-11,18,20-23H,2-3,6-9,12-17H2,(H,28,29)/t20-,23-/m1/s1. The largest absolute Gasteiger partial charge is 0.480 e. The van der Waals surface area contributed by atoms with E-state index in [0.29, 0.717) is 13.1 Å². The molecule has 1 saturated heterocycles. The Labute approximate surface area is 174 Å².